The Morgan fingerprint density at radius 3 is 2.22 bits per heavy atom. The molecule has 0 spiro atoms. The van der Waals surface area contributed by atoms with Gasteiger partial charge in [0.15, 0.2) is 0 Å². The van der Waals surface area contributed by atoms with Gasteiger partial charge in [0.05, 0.1) is 5.56 Å². The third kappa shape index (κ3) is 5.88. The van der Waals surface area contributed by atoms with Crippen LogP contribution < -0.4 is 19.7 Å². The van der Waals surface area contributed by atoms with Gasteiger partial charge in [-0.25, -0.2) is 9.59 Å². The highest BCUT2D eigenvalue weighted by Crippen LogP contribution is 2.20. The van der Waals surface area contributed by atoms with Crippen LogP contribution in [0.5, 0.6) is 11.5 Å². The molecular formula is C21H24N2O4. The summed E-state index contributed by atoms with van der Waals surface area (Å²) in [5.41, 5.74) is 1.11. The summed E-state index contributed by atoms with van der Waals surface area (Å²) < 4.78 is 10.7. The molecule has 0 aliphatic rings. The lowest BCUT2D eigenvalue weighted by atomic mass is 10.2. The number of ether oxygens (including phenoxy) is 2. The average molecular weight is 368 g/mol. The maximum Gasteiger partial charge on any atom is 0.343 e. The van der Waals surface area contributed by atoms with Gasteiger partial charge in [0.1, 0.15) is 18.1 Å². The molecule has 2 amide bonds. The second-order valence-corrected chi connectivity index (χ2v) is 6.17. The molecule has 0 saturated carbocycles. The first-order valence-electron chi connectivity index (χ1n) is 8.61. The normalized spacial score (nSPS) is 10.2. The van der Waals surface area contributed by atoms with Gasteiger partial charge in [-0.2, -0.15) is 0 Å². The molecule has 6 nitrogen and oxygen atoms in total. The maximum absolute atomic E-state index is 12.2. The number of hydrogen-bond donors (Lipinski definition) is 1. The van der Waals surface area contributed by atoms with E-state index >= 15 is 0 Å². The molecule has 0 aliphatic carbocycles. The van der Waals surface area contributed by atoms with Crippen LogP contribution in [0.4, 0.5) is 10.5 Å². The van der Waals surface area contributed by atoms with E-state index < -0.39 is 5.97 Å². The third-order valence-electron chi connectivity index (χ3n) is 3.61. The van der Waals surface area contributed by atoms with E-state index in [2.05, 4.69) is 11.9 Å². The van der Waals surface area contributed by atoms with Gasteiger partial charge in [0, 0.05) is 18.8 Å². The van der Waals surface area contributed by atoms with E-state index in [1.54, 1.807) is 61.7 Å². The number of urea groups is 1. The summed E-state index contributed by atoms with van der Waals surface area (Å²) in [5.74, 6) is 0.579. The molecule has 142 valence electrons. The van der Waals surface area contributed by atoms with Gasteiger partial charge in [0.2, 0.25) is 0 Å². The number of amides is 2. The van der Waals surface area contributed by atoms with Gasteiger partial charge in [-0.1, -0.05) is 12.7 Å². The summed E-state index contributed by atoms with van der Waals surface area (Å²) in [6, 6.07) is 13.3. The van der Waals surface area contributed by atoms with Crippen LogP contribution in [0.1, 0.15) is 24.2 Å². The molecule has 27 heavy (non-hydrogen) atoms. The van der Waals surface area contributed by atoms with E-state index in [-0.39, 0.29) is 12.1 Å². The monoisotopic (exact) mass is 368 g/mol. The molecule has 0 unspecified atom stereocenters. The third-order valence-corrected chi connectivity index (χ3v) is 3.61. The fourth-order valence-corrected chi connectivity index (χ4v) is 2.21. The molecule has 2 rings (SSSR count). The summed E-state index contributed by atoms with van der Waals surface area (Å²) in [7, 11) is 1.68. The Labute approximate surface area is 159 Å². The summed E-state index contributed by atoms with van der Waals surface area (Å²) in [4.78, 5) is 25.7. The average Bonchev–Trinajstić information content (AvgIpc) is 2.66. The summed E-state index contributed by atoms with van der Waals surface area (Å²) in [6.07, 6.45) is 1.65. The van der Waals surface area contributed by atoms with Crippen LogP contribution in [0.3, 0.4) is 0 Å². The fraction of sp³-hybridized carbons (Fsp3) is 0.238. The van der Waals surface area contributed by atoms with Crippen LogP contribution in [0.2, 0.25) is 0 Å². The van der Waals surface area contributed by atoms with E-state index in [0.717, 1.165) is 0 Å². The van der Waals surface area contributed by atoms with Crippen molar-refractivity contribution in [3.8, 4) is 11.5 Å². The molecular weight excluding hydrogens is 344 g/mol. The van der Waals surface area contributed by atoms with Gasteiger partial charge >= 0.3 is 12.0 Å². The van der Waals surface area contributed by atoms with Gasteiger partial charge in [-0.05, 0) is 62.4 Å². The van der Waals surface area contributed by atoms with Crippen molar-refractivity contribution in [2.24, 2.45) is 0 Å². The SMILES string of the molecule is C=CCOc1ccc(C(=O)Oc2ccc(N(C)C(=O)NC(C)C)cc2)cc1. The number of nitrogens with one attached hydrogen (secondary N) is 1. The van der Waals surface area contributed by atoms with E-state index in [4.69, 9.17) is 9.47 Å². The van der Waals surface area contributed by atoms with Crippen LogP contribution >= 0.6 is 0 Å². The molecule has 1 N–H and O–H groups in total. The maximum atomic E-state index is 12.2. The topological polar surface area (TPSA) is 67.9 Å². The Hall–Kier alpha value is -3.28. The molecule has 0 saturated heterocycles. The van der Waals surface area contributed by atoms with Crippen LogP contribution in [0.15, 0.2) is 61.2 Å². The second kappa shape index (κ2) is 9.43. The highest BCUT2D eigenvalue weighted by molar-refractivity contribution is 5.92. The Kier molecular flexibility index (Phi) is 7.00. The number of anilines is 1. The highest BCUT2D eigenvalue weighted by Gasteiger charge is 2.13. The number of nitrogens with zero attached hydrogens (tertiary/aromatic N) is 1. The van der Waals surface area contributed by atoms with Crippen molar-refractivity contribution >= 4 is 17.7 Å². The predicted molar refractivity (Wildman–Crippen MR) is 106 cm³/mol. The summed E-state index contributed by atoms with van der Waals surface area (Å²) in [6.45, 7) is 7.78. The van der Waals surface area contributed by atoms with Crippen molar-refractivity contribution in [2.75, 3.05) is 18.6 Å². The first-order chi connectivity index (χ1) is 12.9. The van der Waals surface area contributed by atoms with Gasteiger partial charge in [-0.15, -0.1) is 0 Å². The zero-order chi connectivity index (χ0) is 19.8. The van der Waals surface area contributed by atoms with Gasteiger partial charge in [0.25, 0.3) is 0 Å². The minimum Gasteiger partial charge on any atom is -0.490 e. The predicted octanol–water partition coefficient (Wildman–Crippen LogP) is 4.02. The first-order valence-corrected chi connectivity index (χ1v) is 8.61. The zero-order valence-electron chi connectivity index (χ0n) is 15.8. The van der Waals surface area contributed by atoms with E-state index in [9.17, 15) is 9.59 Å². The van der Waals surface area contributed by atoms with Crippen molar-refractivity contribution < 1.29 is 19.1 Å². The molecule has 0 radical (unpaired) electrons. The van der Waals surface area contributed by atoms with Crippen LogP contribution in [0.25, 0.3) is 0 Å². The van der Waals surface area contributed by atoms with Crippen LogP contribution in [-0.2, 0) is 0 Å². The number of benzene rings is 2. The molecule has 0 aromatic heterocycles. The van der Waals surface area contributed by atoms with Crippen molar-refractivity contribution in [3.05, 3.63) is 66.7 Å². The van der Waals surface area contributed by atoms with Crippen LogP contribution in [0, 0.1) is 0 Å². The molecule has 6 heteroatoms. The number of carbonyl (C=O) groups excluding carboxylic acids is 2. The minimum atomic E-state index is -0.469. The highest BCUT2D eigenvalue weighted by atomic mass is 16.5. The van der Waals surface area contributed by atoms with E-state index in [1.807, 2.05) is 13.8 Å². The minimum absolute atomic E-state index is 0.0498. The standard InChI is InChI=1S/C21H24N2O4/c1-5-14-26-18-10-6-16(7-11-18)20(24)27-19-12-8-17(9-13-19)23(4)21(25)22-15(2)3/h5-13,15H,1,14H2,2-4H3,(H,22,25). The van der Waals surface area contributed by atoms with E-state index in [1.165, 1.54) is 4.90 Å². The number of hydrogen-bond acceptors (Lipinski definition) is 4. The van der Waals surface area contributed by atoms with Gasteiger partial charge < -0.3 is 14.8 Å². The molecule has 0 bridgehead atoms. The first kappa shape index (κ1) is 20.0. The van der Waals surface area contributed by atoms with Crippen molar-refractivity contribution in [3.63, 3.8) is 0 Å². The molecule has 0 fully saturated rings. The number of esters is 1. The molecule has 2 aromatic carbocycles. The van der Waals surface area contributed by atoms with Crippen molar-refractivity contribution in [1.29, 1.82) is 0 Å². The molecule has 0 aliphatic heterocycles. The lowest BCUT2D eigenvalue weighted by molar-refractivity contribution is 0.0734. The Balaban J connectivity index is 1.98. The quantitative estimate of drug-likeness (QED) is 0.455. The summed E-state index contributed by atoms with van der Waals surface area (Å²) in [5, 5.41) is 2.81. The lowest BCUT2D eigenvalue weighted by Crippen LogP contribution is -2.40. The van der Waals surface area contributed by atoms with Crippen LogP contribution in [-0.4, -0.2) is 31.7 Å². The second-order valence-electron chi connectivity index (χ2n) is 6.17. The Morgan fingerprint density at radius 2 is 1.67 bits per heavy atom. The molecule has 0 heterocycles. The summed E-state index contributed by atoms with van der Waals surface area (Å²) >= 11 is 0. The zero-order valence-corrected chi connectivity index (χ0v) is 15.8. The molecule has 2 aromatic rings. The number of rotatable bonds is 7. The largest absolute Gasteiger partial charge is 0.490 e. The Bertz CT molecular complexity index is 783. The van der Waals surface area contributed by atoms with Crippen molar-refractivity contribution in [2.45, 2.75) is 19.9 Å². The lowest BCUT2D eigenvalue weighted by Gasteiger charge is -2.20. The number of carbonyl (C=O) groups is 2. The molecule has 0 atom stereocenters. The van der Waals surface area contributed by atoms with Gasteiger partial charge in [-0.3, -0.25) is 4.90 Å². The smallest absolute Gasteiger partial charge is 0.343 e. The van der Waals surface area contributed by atoms with Crippen molar-refractivity contribution in [1.82, 2.24) is 5.32 Å². The van der Waals surface area contributed by atoms with E-state index in [0.29, 0.717) is 29.4 Å². The Morgan fingerprint density at radius 1 is 1.07 bits per heavy atom. The fourth-order valence-electron chi connectivity index (χ4n) is 2.21.